The van der Waals surface area contributed by atoms with Crippen molar-refractivity contribution in [3.05, 3.63) is 63.7 Å². The minimum absolute atomic E-state index is 0.0338. The van der Waals surface area contributed by atoms with E-state index in [2.05, 4.69) is 25.0 Å². The largest absolute Gasteiger partial charge is 0.501 e. The lowest BCUT2D eigenvalue weighted by Crippen LogP contribution is -2.31. The van der Waals surface area contributed by atoms with Crippen molar-refractivity contribution in [1.29, 1.82) is 0 Å². The zero-order valence-electron chi connectivity index (χ0n) is 22.7. The number of hydrogen-bond acceptors (Lipinski definition) is 7. The summed E-state index contributed by atoms with van der Waals surface area (Å²) in [5.74, 6) is -0.0797. The van der Waals surface area contributed by atoms with E-state index in [4.69, 9.17) is 17.0 Å². The van der Waals surface area contributed by atoms with Crippen LogP contribution in [0.25, 0.3) is 38.0 Å². The van der Waals surface area contributed by atoms with E-state index in [1.807, 2.05) is 25.1 Å². The second-order valence-electron chi connectivity index (χ2n) is 10.7. The van der Waals surface area contributed by atoms with Crippen LogP contribution in [-0.4, -0.2) is 64.2 Å². The third-order valence-electron chi connectivity index (χ3n) is 7.89. The van der Waals surface area contributed by atoms with E-state index in [-0.39, 0.29) is 29.5 Å². The summed E-state index contributed by atoms with van der Waals surface area (Å²) in [6, 6.07) is 7.32. The summed E-state index contributed by atoms with van der Waals surface area (Å²) in [6.07, 6.45) is 4.42. The fraction of sp³-hybridized carbons (Fsp3) is 0.379. The van der Waals surface area contributed by atoms with E-state index in [0.717, 1.165) is 19.3 Å². The predicted octanol–water partition coefficient (Wildman–Crippen LogP) is 3.82. The van der Waals surface area contributed by atoms with Crippen molar-refractivity contribution in [2.75, 3.05) is 32.1 Å². The molecule has 1 unspecified atom stereocenters. The van der Waals surface area contributed by atoms with E-state index in [9.17, 15) is 4.79 Å². The van der Waals surface area contributed by atoms with Gasteiger partial charge in [-0.2, -0.15) is 10.2 Å². The quantitative estimate of drug-likeness (QED) is 0.342. The molecule has 40 heavy (non-hydrogen) atoms. The highest BCUT2D eigenvalue weighted by atomic mass is 19.1. The second kappa shape index (κ2) is 10.0. The SMILES string of the molecule is [C-]#[N+]c1c(OC2CC2)cc(N2CCC(N(C)C)C2)c(F)c1-c1c(-c2ccc3c(=O)[nH]nc(CN)c3c2)cnn1C. The molecule has 2 aromatic carbocycles. The first-order chi connectivity index (χ1) is 19.3. The molecule has 0 spiro atoms. The number of aromatic amines is 1. The zero-order valence-corrected chi connectivity index (χ0v) is 22.7. The summed E-state index contributed by atoms with van der Waals surface area (Å²) in [5.41, 5.74) is 8.63. The Morgan fingerprint density at radius 2 is 2.05 bits per heavy atom. The monoisotopic (exact) mass is 542 g/mol. The number of halogens is 1. The first-order valence-electron chi connectivity index (χ1n) is 13.4. The number of fused-ring (bicyclic) bond motifs is 1. The second-order valence-corrected chi connectivity index (χ2v) is 10.7. The summed E-state index contributed by atoms with van der Waals surface area (Å²) in [5, 5.41) is 12.1. The van der Waals surface area contributed by atoms with Crippen molar-refractivity contribution in [2.24, 2.45) is 12.8 Å². The van der Waals surface area contributed by atoms with Gasteiger partial charge < -0.3 is 20.3 Å². The molecule has 3 heterocycles. The fourth-order valence-electron chi connectivity index (χ4n) is 5.49. The van der Waals surface area contributed by atoms with E-state index in [1.165, 1.54) is 0 Å². The molecule has 0 radical (unpaired) electrons. The average molecular weight is 543 g/mol. The van der Waals surface area contributed by atoms with Crippen molar-refractivity contribution >= 4 is 22.1 Å². The molecule has 1 saturated carbocycles. The lowest BCUT2D eigenvalue weighted by atomic mass is 9.96. The molecule has 1 aliphatic carbocycles. The van der Waals surface area contributed by atoms with E-state index in [0.29, 0.717) is 63.9 Å². The number of ether oxygens (including phenoxy) is 1. The van der Waals surface area contributed by atoms with Gasteiger partial charge in [0, 0.05) is 49.2 Å². The number of nitrogens with two attached hydrogens (primary N) is 1. The molecule has 2 aromatic heterocycles. The maximum Gasteiger partial charge on any atom is 0.272 e. The van der Waals surface area contributed by atoms with Gasteiger partial charge in [-0.05, 0) is 57.1 Å². The molecule has 4 aromatic rings. The van der Waals surface area contributed by atoms with Crippen LogP contribution in [0.15, 0.2) is 35.3 Å². The van der Waals surface area contributed by atoms with Gasteiger partial charge in [-0.1, -0.05) is 6.07 Å². The van der Waals surface area contributed by atoms with Crippen LogP contribution in [0.3, 0.4) is 0 Å². The van der Waals surface area contributed by atoms with Crippen LogP contribution in [0.1, 0.15) is 25.0 Å². The number of nitrogens with one attached hydrogen (secondary N) is 1. The Balaban J connectivity index is 1.56. The highest BCUT2D eigenvalue weighted by Gasteiger charge is 2.33. The Hall–Kier alpha value is -4.27. The highest BCUT2D eigenvalue weighted by Crippen LogP contribution is 2.49. The number of H-pyrrole nitrogens is 1. The lowest BCUT2D eigenvalue weighted by Gasteiger charge is -2.25. The predicted molar refractivity (Wildman–Crippen MR) is 152 cm³/mol. The Morgan fingerprint density at radius 1 is 1.25 bits per heavy atom. The van der Waals surface area contributed by atoms with Crippen LogP contribution < -0.4 is 20.9 Å². The molecule has 1 atom stereocenters. The van der Waals surface area contributed by atoms with Gasteiger partial charge in [-0.25, -0.2) is 14.3 Å². The van der Waals surface area contributed by atoms with Crippen molar-refractivity contribution in [3.8, 4) is 28.1 Å². The summed E-state index contributed by atoms with van der Waals surface area (Å²) >= 11 is 0. The summed E-state index contributed by atoms with van der Waals surface area (Å²) in [7, 11) is 5.80. The molecule has 11 heteroatoms. The number of rotatable bonds is 7. The maximum atomic E-state index is 16.7. The Morgan fingerprint density at radius 3 is 2.73 bits per heavy atom. The summed E-state index contributed by atoms with van der Waals surface area (Å²) in [6.45, 7) is 9.57. The van der Waals surface area contributed by atoms with Crippen LogP contribution in [0.5, 0.6) is 5.75 Å². The molecule has 10 nitrogen and oxygen atoms in total. The first-order valence-corrected chi connectivity index (χ1v) is 13.4. The minimum Gasteiger partial charge on any atom is -0.501 e. The molecule has 0 amide bonds. The number of benzene rings is 2. The van der Waals surface area contributed by atoms with Gasteiger partial charge in [-0.3, -0.25) is 9.48 Å². The third-order valence-corrected chi connectivity index (χ3v) is 7.89. The van der Waals surface area contributed by atoms with Crippen LogP contribution in [-0.2, 0) is 13.6 Å². The van der Waals surface area contributed by atoms with Crippen LogP contribution in [0, 0.1) is 12.4 Å². The number of aromatic nitrogens is 4. The number of nitrogens with zero attached hydrogens (tertiary/aromatic N) is 6. The van der Waals surface area contributed by atoms with Crippen LogP contribution in [0.4, 0.5) is 15.8 Å². The van der Waals surface area contributed by atoms with Crippen molar-refractivity contribution in [1.82, 2.24) is 24.9 Å². The van der Waals surface area contributed by atoms with Gasteiger partial charge in [0.05, 0.1) is 41.3 Å². The van der Waals surface area contributed by atoms with Crippen LogP contribution in [0.2, 0.25) is 0 Å². The van der Waals surface area contributed by atoms with Gasteiger partial charge in [0.25, 0.3) is 5.56 Å². The Kier molecular flexibility index (Phi) is 6.52. The molecule has 0 bridgehead atoms. The molecular weight excluding hydrogens is 511 g/mol. The van der Waals surface area contributed by atoms with Crippen LogP contribution >= 0.6 is 0 Å². The molecule has 6 rings (SSSR count). The van der Waals surface area contributed by atoms with Gasteiger partial charge in [0.1, 0.15) is 11.6 Å². The standard InChI is InChI=1S/C29H31FN8O2/c1-32-27-24(40-18-6-7-18)12-23(38-10-9-17(15-38)36(2)3)26(30)25(27)28-21(14-33-37(28)4)16-5-8-19-20(11-16)22(13-31)34-35-29(19)39/h5,8,11-12,14,17-18H,6-7,9-10,13,15,31H2,2-4H3,(H,35,39). The highest BCUT2D eigenvalue weighted by molar-refractivity contribution is 5.95. The fourth-order valence-corrected chi connectivity index (χ4v) is 5.49. The van der Waals surface area contributed by atoms with Gasteiger partial charge >= 0.3 is 0 Å². The molecule has 2 fully saturated rings. The average Bonchev–Trinajstić information content (AvgIpc) is 3.47. The summed E-state index contributed by atoms with van der Waals surface area (Å²) < 4.78 is 24.5. The number of anilines is 1. The Labute approximate surface area is 231 Å². The first kappa shape index (κ1) is 26.0. The van der Waals surface area contributed by atoms with E-state index >= 15 is 4.39 Å². The topological polar surface area (TPSA) is 110 Å². The Bertz CT molecular complexity index is 1720. The van der Waals surface area contributed by atoms with Gasteiger partial charge in [0.2, 0.25) is 5.69 Å². The van der Waals surface area contributed by atoms with Gasteiger partial charge in [0.15, 0.2) is 0 Å². The molecule has 206 valence electrons. The molecular formula is C29H31FN8O2. The van der Waals surface area contributed by atoms with Gasteiger partial charge in [-0.15, -0.1) is 0 Å². The zero-order chi connectivity index (χ0) is 28.1. The number of hydrogen-bond donors (Lipinski definition) is 2. The molecule has 3 N–H and O–H groups in total. The minimum atomic E-state index is -0.472. The number of aryl methyl sites for hydroxylation is 1. The van der Waals surface area contributed by atoms with Crippen molar-refractivity contribution < 1.29 is 9.13 Å². The molecule has 1 saturated heterocycles. The normalized spacial score (nSPS) is 17.1. The van der Waals surface area contributed by atoms with Crippen molar-refractivity contribution in [2.45, 2.75) is 38.0 Å². The number of likely N-dealkylation sites (N-methyl/N-ethyl adjacent to an activating group) is 1. The van der Waals surface area contributed by atoms with E-state index < -0.39 is 5.82 Å². The maximum absolute atomic E-state index is 16.7. The smallest absolute Gasteiger partial charge is 0.272 e. The van der Waals surface area contributed by atoms with E-state index in [1.54, 1.807) is 36.1 Å². The molecule has 1 aliphatic heterocycles. The third kappa shape index (κ3) is 4.39. The van der Waals surface area contributed by atoms with Crippen molar-refractivity contribution in [3.63, 3.8) is 0 Å². The summed E-state index contributed by atoms with van der Waals surface area (Å²) in [4.78, 5) is 20.4. The molecule has 2 aliphatic rings. The lowest BCUT2D eigenvalue weighted by molar-refractivity contribution is 0.305.